The lowest BCUT2D eigenvalue weighted by atomic mass is 9.75. The van der Waals surface area contributed by atoms with Crippen molar-refractivity contribution in [3.05, 3.63) is 12.7 Å². The summed E-state index contributed by atoms with van der Waals surface area (Å²) in [5.41, 5.74) is 0.0415. The predicted octanol–water partition coefficient (Wildman–Crippen LogP) is 2.87. The number of rotatable bonds is 2. The topological polar surface area (TPSA) is 26.3 Å². The lowest BCUT2D eigenvalue weighted by Gasteiger charge is -2.42. The van der Waals surface area contributed by atoms with Crippen molar-refractivity contribution in [2.75, 3.05) is 6.61 Å². The monoisotopic (exact) mass is 208 g/mol. The molecule has 0 N–H and O–H groups in total. The Morgan fingerprint density at radius 2 is 2.07 bits per heavy atom. The molecule has 0 amide bonds. The standard InChI is InChI=1S/C13H20O2/c1-2-12(14)11-6-9-15-13(10-11)7-4-3-5-8-13/h2,11H,1,3-10H2. The van der Waals surface area contributed by atoms with Crippen molar-refractivity contribution in [2.24, 2.45) is 5.92 Å². The molecule has 0 bridgehead atoms. The number of hydrogen-bond acceptors (Lipinski definition) is 2. The maximum Gasteiger partial charge on any atom is 0.158 e. The zero-order valence-electron chi connectivity index (χ0n) is 9.34. The van der Waals surface area contributed by atoms with Gasteiger partial charge in [0.2, 0.25) is 0 Å². The highest BCUT2D eigenvalue weighted by molar-refractivity contribution is 5.91. The molecule has 1 unspecified atom stereocenters. The van der Waals surface area contributed by atoms with Crippen molar-refractivity contribution in [3.63, 3.8) is 0 Å². The second-order valence-corrected chi connectivity index (χ2v) is 4.89. The molecule has 1 atom stereocenters. The van der Waals surface area contributed by atoms with Crippen molar-refractivity contribution < 1.29 is 9.53 Å². The maximum absolute atomic E-state index is 11.6. The molecule has 0 aromatic heterocycles. The van der Waals surface area contributed by atoms with Gasteiger partial charge in [-0.25, -0.2) is 0 Å². The minimum atomic E-state index is 0.0415. The van der Waals surface area contributed by atoms with E-state index in [1.807, 2.05) is 0 Å². The molecule has 2 aliphatic rings. The highest BCUT2D eigenvalue weighted by atomic mass is 16.5. The smallest absolute Gasteiger partial charge is 0.158 e. The van der Waals surface area contributed by atoms with E-state index in [4.69, 9.17) is 4.74 Å². The number of allylic oxidation sites excluding steroid dienone is 1. The number of ether oxygens (including phenoxy) is 1. The summed E-state index contributed by atoms with van der Waals surface area (Å²) in [6.45, 7) is 4.33. The van der Waals surface area contributed by atoms with Gasteiger partial charge in [0.25, 0.3) is 0 Å². The Hall–Kier alpha value is -0.630. The Labute approximate surface area is 91.7 Å². The summed E-state index contributed by atoms with van der Waals surface area (Å²) >= 11 is 0. The first kappa shape index (κ1) is 10.9. The second-order valence-electron chi connectivity index (χ2n) is 4.89. The third-order valence-electron chi connectivity index (χ3n) is 3.86. The van der Waals surface area contributed by atoms with E-state index in [2.05, 4.69) is 6.58 Å². The van der Waals surface area contributed by atoms with Crippen LogP contribution in [-0.4, -0.2) is 18.0 Å². The highest BCUT2D eigenvalue weighted by Crippen LogP contribution is 2.40. The third kappa shape index (κ3) is 2.31. The number of ketones is 1. The molecule has 1 heterocycles. The zero-order chi connectivity index (χ0) is 10.7. The van der Waals surface area contributed by atoms with E-state index in [1.165, 1.54) is 25.3 Å². The molecule has 1 aliphatic heterocycles. The summed E-state index contributed by atoms with van der Waals surface area (Å²) in [6, 6.07) is 0. The van der Waals surface area contributed by atoms with E-state index < -0.39 is 0 Å². The minimum Gasteiger partial charge on any atom is -0.375 e. The molecule has 2 heteroatoms. The SMILES string of the molecule is C=CC(=O)C1CCOC2(CCCCC2)C1. The van der Waals surface area contributed by atoms with E-state index >= 15 is 0 Å². The molecule has 1 saturated heterocycles. The summed E-state index contributed by atoms with van der Waals surface area (Å²) in [4.78, 5) is 11.6. The van der Waals surface area contributed by atoms with E-state index in [-0.39, 0.29) is 17.3 Å². The van der Waals surface area contributed by atoms with Crippen molar-refractivity contribution in [1.82, 2.24) is 0 Å². The van der Waals surface area contributed by atoms with E-state index in [0.29, 0.717) is 0 Å². The van der Waals surface area contributed by atoms with Crippen molar-refractivity contribution in [1.29, 1.82) is 0 Å². The van der Waals surface area contributed by atoms with Crippen LogP contribution < -0.4 is 0 Å². The molecular weight excluding hydrogens is 188 g/mol. The van der Waals surface area contributed by atoms with Crippen LogP contribution in [0.4, 0.5) is 0 Å². The molecule has 84 valence electrons. The molecule has 15 heavy (non-hydrogen) atoms. The third-order valence-corrected chi connectivity index (χ3v) is 3.86. The van der Waals surface area contributed by atoms with Crippen molar-refractivity contribution in [3.8, 4) is 0 Å². The van der Waals surface area contributed by atoms with E-state index in [0.717, 1.165) is 32.3 Å². The van der Waals surface area contributed by atoms with Gasteiger partial charge in [0.05, 0.1) is 5.60 Å². The average molecular weight is 208 g/mol. The zero-order valence-corrected chi connectivity index (χ0v) is 9.34. The molecule has 2 nitrogen and oxygen atoms in total. The fraction of sp³-hybridized carbons (Fsp3) is 0.769. The Balaban J connectivity index is 2.02. The number of carbonyl (C=O) groups is 1. The van der Waals surface area contributed by atoms with Gasteiger partial charge in [-0.3, -0.25) is 4.79 Å². The quantitative estimate of drug-likeness (QED) is 0.652. The molecule has 0 aromatic carbocycles. The predicted molar refractivity (Wildman–Crippen MR) is 59.7 cm³/mol. The second kappa shape index (κ2) is 4.48. The Morgan fingerprint density at radius 3 is 2.73 bits per heavy atom. The fourth-order valence-electron chi connectivity index (χ4n) is 2.98. The van der Waals surface area contributed by atoms with E-state index in [1.54, 1.807) is 0 Å². The summed E-state index contributed by atoms with van der Waals surface area (Å²) in [7, 11) is 0. The van der Waals surface area contributed by atoms with Crippen LogP contribution in [0.15, 0.2) is 12.7 Å². The first-order chi connectivity index (χ1) is 7.26. The largest absolute Gasteiger partial charge is 0.375 e. The molecule has 1 spiro atoms. The van der Waals surface area contributed by atoms with Crippen LogP contribution in [0.3, 0.4) is 0 Å². The van der Waals surface area contributed by atoms with Gasteiger partial charge >= 0.3 is 0 Å². The van der Waals surface area contributed by atoms with Gasteiger partial charge < -0.3 is 4.74 Å². The lowest BCUT2D eigenvalue weighted by Crippen LogP contribution is -2.43. The molecular formula is C13H20O2. The van der Waals surface area contributed by atoms with Crippen LogP contribution in [0.2, 0.25) is 0 Å². The van der Waals surface area contributed by atoms with Gasteiger partial charge in [-0.1, -0.05) is 25.8 Å². The van der Waals surface area contributed by atoms with E-state index in [9.17, 15) is 4.79 Å². The first-order valence-corrected chi connectivity index (χ1v) is 6.06. The first-order valence-electron chi connectivity index (χ1n) is 6.06. The van der Waals surface area contributed by atoms with Crippen LogP contribution in [0.1, 0.15) is 44.9 Å². The molecule has 1 saturated carbocycles. The molecule has 0 radical (unpaired) electrons. The van der Waals surface area contributed by atoms with Gasteiger partial charge in [-0.05, 0) is 31.8 Å². The van der Waals surface area contributed by atoms with Crippen LogP contribution >= 0.6 is 0 Å². The van der Waals surface area contributed by atoms with Gasteiger partial charge in [0, 0.05) is 12.5 Å². The molecule has 1 aliphatic carbocycles. The Morgan fingerprint density at radius 1 is 1.33 bits per heavy atom. The highest BCUT2D eigenvalue weighted by Gasteiger charge is 2.39. The summed E-state index contributed by atoms with van der Waals surface area (Å²) < 4.78 is 5.94. The van der Waals surface area contributed by atoms with Gasteiger partial charge in [0.15, 0.2) is 5.78 Å². The lowest BCUT2D eigenvalue weighted by molar-refractivity contribution is -0.139. The fourth-order valence-corrected chi connectivity index (χ4v) is 2.98. The van der Waals surface area contributed by atoms with Gasteiger partial charge in [-0.2, -0.15) is 0 Å². The molecule has 2 rings (SSSR count). The van der Waals surface area contributed by atoms with Crippen molar-refractivity contribution in [2.45, 2.75) is 50.5 Å². The van der Waals surface area contributed by atoms with Gasteiger partial charge in [-0.15, -0.1) is 0 Å². The molecule has 0 aromatic rings. The average Bonchev–Trinajstić information content (AvgIpc) is 2.29. The van der Waals surface area contributed by atoms with Gasteiger partial charge in [0.1, 0.15) is 0 Å². The van der Waals surface area contributed by atoms with Crippen LogP contribution in [0.25, 0.3) is 0 Å². The normalized spacial score (nSPS) is 30.0. The summed E-state index contributed by atoms with van der Waals surface area (Å²) in [6.07, 6.45) is 9.42. The van der Waals surface area contributed by atoms with Crippen LogP contribution in [0.5, 0.6) is 0 Å². The Bertz CT molecular complexity index is 246. The number of hydrogen-bond donors (Lipinski definition) is 0. The summed E-state index contributed by atoms with van der Waals surface area (Å²) in [5, 5.41) is 0. The minimum absolute atomic E-state index is 0.0415. The Kier molecular flexibility index (Phi) is 3.25. The number of carbonyl (C=O) groups excluding carboxylic acids is 1. The van der Waals surface area contributed by atoms with Crippen LogP contribution in [0, 0.1) is 5.92 Å². The van der Waals surface area contributed by atoms with Crippen molar-refractivity contribution >= 4 is 5.78 Å². The maximum atomic E-state index is 11.6. The summed E-state index contributed by atoms with van der Waals surface area (Å²) in [5.74, 6) is 0.387. The molecule has 2 fully saturated rings. The van der Waals surface area contributed by atoms with Crippen LogP contribution in [-0.2, 0) is 9.53 Å².